The Balaban J connectivity index is 1.68. The molecule has 1 fully saturated rings. The van der Waals surface area contributed by atoms with Crippen molar-refractivity contribution >= 4 is 29.2 Å². The monoisotopic (exact) mass is 554 g/mol. The minimum absolute atomic E-state index is 0.0358. The number of carbonyl (C=O) groups excluding carboxylic acids is 1. The normalized spacial score (nSPS) is 17.2. The molecule has 1 aliphatic rings. The van der Waals surface area contributed by atoms with E-state index >= 15 is 0 Å². The van der Waals surface area contributed by atoms with Crippen LogP contribution >= 0.6 is 11.6 Å². The van der Waals surface area contributed by atoms with Gasteiger partial charge in [0.1, 0.15) is 5.75 Å². The molecule has 0 amide bonds. The van der Waals surface area contributed by atoms with Crippen LogP contribution in [0.25, 0.3) is 0 Å². The molecule has 1 saturated carbocycles. The van der Waals surface area contributed by atoms with E-state index in [2.05, 4.69) is 10.3 Å². The van der Waals surface area contributed by atoms with Gasteiger partial charge in [-0.2, -0.15) is 4.98 Å². The molecule has 1 heterocycles. The Labute approximate surface area is 232 Å². The van der Waals surface area contributed by atoms with Crippen LogP contribution in [0.3, 0.4) is 0 Å². The molecule has 1 aromatic heterocycles. The van der Waals surface area contributed by atoms with E-state index in [-0.39, 0.29) is 36.5 Å². The number of carbonyl (C=O) groups is 1. The number of ether oxygens (including phenoxy) is 2. The molecule has 208 valence electrons. The Bertz CT molecular complexity index is 1420. The standard InChI is InChI=1S/C29H35ClN4O5/c1-5-38-26(35)21-8-13-24(14-9-21)34-28(36)32-27(31-23-12-15-25(19(4)16-23)39-18(2)3)33(29(34)37)17-20-6-10-22(30)11-7-20/h6-7,10-12,15-16,18,21,24H,5,8-9,13-14,17H2,1-4H3,(H,31,32,36). The maximum Gasteiger partial charge on any atom is 0.355 e. The first-order chi connectivity index (χ1) is 18.7. The predicted octanol–water partition coefficient (Wildman–Crippen LogP) is 5.24. The van der Waals surface area contributed by atoms with Gasteiger partial charge in [-0.1, -0.05) is 23.7 Å². The molecule has 39 heavy (non-hydrogen) atoms. The minimum Gasteiger partial charge on any atom is -0.491 e. The van der Waals surface area contributed by atoms with Crippen LogP contribution in [0.15, 0.2) is 52.1 Å². The Morgan fingerprint density at radius 1 is 1.10 bits per heavy atom. The number of rotatable bonds is 9. The zero-order chi connectivity index (χ0) is 28.1. The molecular formula is C29H35ClN4O5. The summed E-state index contributed by atoms with van der Waals surface area (Å²) in [4.78, 5) is 43.6. The molecule has 3 aromatic rings. The second-order valence-electron chi connectivity index (χ2n) is 10.1. The average molecular weight is 555 g/mol. The first-order valence-electron chi connectivity index (χ1n) is 13.3. The molecule has 0 bridgehead atoms. The van der Waals surface area contributed by atoms with Crippen LogP contribution in [0.1, 0.15) is 63.6 Å². The summed E-state index contributed by atoms with van der Waals surface area (Å²) in [6.45, 7) is 8.16. The first kappa shape index (κ1) is 28.4. The van der Waals surface area contributed by atoms with Crippen LogP contribution in [-0.2, 0) is 16.1 Å². The summed E-state index contributed by atoms with van der Waals surface area (Å²) >= 11 is 6.06. The number of halogens is 1. The van der Waals surface area contributed by atoms with Crippen molar-refractivity contribution in [1.29, 1.82) is 0 Å². The number of benzene rings is 2. The lowest BCUT2D eigenvalue weighted by Crippen LogP contribution is -2.45. The molecule has 9 nitrogen and oxygen atoms in total. The van der Waals surface area contributed by atoms with Crippen molar-refractivity contribution in [2.24, 2.45) is 5.92 Å². The number of hydrogen-bond acceptors (Lipinski definition) is 7. The van der Waals surface area contributed by atoms with Crippen molar-refractivity contribution in [3.63, 3.8) is 0 Å². The van der Waals surface area contributed by atoms with Crippen LogP contribution in [-0.4, -0.2) is 32.8 Å². The summed E-state index contributed by atoms with van der Waals surface area (Å²) in [6.07, 6.45) is 2.18. The van der Waals surface area contributed by atoms with Gasteiger partial charge in [0.25, 0.3) is 0 Å². The number of anilines is 2. The number of nitrogens with one attached hydrogen (secondary N) is 1. The first-order valence-corrected chi connectivity index (χ1v) is 13.7. The van der Waals surface area contributed by atoms with Gasteiger partial charge in [0.05, 0.1) is 25.2 Å². The van der Waals surface area contributed by atoms with Gasteiger partial charge in [0.15, 0.2) is 0 Å². The molecule has 1 N–H and O–H groups in total. The van der Waals surface area contributed by atoms with Crippen molar-refractivity contribution in [3.05, 3.63) is 79.6 Å². The number of aryl methyl sites for hydroxylation is 1. The topological polar surface area (TPSA) is 104 Å². The maximum absolute atomic E-state index is 13.8. The summed E-state index contributed by atoms with van der Waals surface area (Å²) < 4.78 is 13.7. The maximum atomic E-state index is 13.8. The lowest BCUT2D eigenvalue weighted by molar-refractivity contribution is -0.149. The molecule has 0 saturated heterocycles. The van der Waals surface area contributed by atoms with E-state index in [1.165, 1.54) is 9.13 Å². The van der Waals surface area contributed by atoms with Crippen LogP contribution in [0.5, 0.6) is 5.75 Å². The third-order valence-corrected chi connectivity index (χ3v) is 7.08. The van der Waals surface area contributed by atoms with Gasteiger partial charge in [0.2, 0.25) is 5.95 Å². The Morgan fingerprint density at radius 2 is 1.79 bits per heavy atom. The van der Waals surface area contributed by atoms with E-state index in [9.17, 15) is 14.4 Å². The highest BCUT2D eigenvalue weighted by molar-refractivity contribution is 6.30. The third kappa shape index (κ3) is 6.89. The lowest BCUT2D eigenvalue weighted by atomic mass is 9.86. The highest BCUT2D eigenvalue weighted by Crippen LogP contribution is 2.32. The fourth-order valence-corrected chi connectivity index (χ4v) is 5.03. The van der Waals surface area contributed by atoms with E-state index in [0.717, 1.165) is 16.9 Å². The second kappa shape index (κ2) is 12.5. The van der Waals surface area contributed by atoms with Crippen LogP contribution < -0.4 is 21.4 Å². The van der Waals surface area contributed by atoms with Crippen LogP contribution in [0.2, 0.25) is 5.02 Å². The van der Waals surface area contributed by atoms with E-state index in [1.54, 1.807) is 19.1 Å². The summed E-state index contributed by atoms with van der Waals surface area (Å²) in [5, 5.41) is 3.76. The van der Waals surface area contributed by atoms with Crippen LogP contribution in [0.4, 0.5) is 11.6 Å². The number of hydrogen-bond donors (Lipinski definition) is 1. The average Bonchev–Trinajstić information content (AvgIpc) is 2.89. The van der Waals surface area contributed by atoms with E-state index in [1.807, 2.05) is 51.1 Å². The van der Waals surface area contributed by atoms with E-state index in [0.29, 0.717) is 43.0 Å². The molecule has 0 atom stereocenters. The quantitative estimate of drug-likeness (QED) is 0.361. The largest absolute Gasteiger partial charge is 0.491 e. The molecule has 0 unspecified atom stereocenters. The Hall–Kier alpha value is -3.59. The highest BCUT2D eigenvalue weighted by atomic mass is 35.5. The number of aromatic nitrogens is 3. The molecule has 2 aromatic carbocycles. The third-order valence-electron chi connectivity index (χ3n) is 6.83. The molecule has 0 radical (unpaired) electrons. The second-order valence-corrected chi connectivity index (χ2v) is 10.5. The zero-order valence-corrected chi connectivity index (χ0v) is 23.5. The van der Waals surface area contributed by atoms with E-state index < -0.39 is 11.4 Å². The van der Waals surface area contributed by atoms with Gasteiger partial charge in [-0.05, 0) is 94.8 Å². The van der Waals surface area contributed by atoms with Gasteiger partial charge in [0, 0.05) is 16.8 Å². The smallest absolute Gasteiger partial charge is 0.355 e. The fraction of sp³-hybridized carbons (Fsp3) is 0.448. The lowest BCUT2D eigenvalue weighted by Gasteiger charge is -2.28. The number of nitrogens with zero attached hydrogens (tertiary/aromatic N) is 3. The van der Waals surface area contributed by atoms with E-state index in [4.69, 9.17) is 21.1 Å². The summed E-state index contributed by atoms with van der Waals surface area (Å²) in [7, 11) is 0. The van der Waals surface area contributed by atoms with Gasteiger partial charge in [-0.25, -0.2) is 14.2 Å². The highest BCUT2D eigenvalue weighted by Gasteiger charge is 2.30. The van der Waals surface area contributed by atoms with Gasteiger partial charge in [-0.15, -0.1) is 0 Å². The molecular weight excluding hydrogens is 520 g/mol. The summed E-state index contributed by atoms with van der Waals surface area (Å²) in [6, 6.07) is 12.4. The molecule has 0 aliphatic heterocycles. The van der Waals surface area contributed by atoms with Crippen molar-refractivity contribution in [1.82, 2.24) is 14.1 Å². The zero-order valence-electron chi connectivity index (χ0n) is 22.8. The van der Waals surface area contributed by atoms with Gasteiger partial charge >= 0.3 is 17.3 Å². The Morgan fingerprint density at radius 3 is 2.41 bits per heavy atom. The summed E-state index contributed by atoms with van der Waals surface area (Å²) in [5.41, 5.74) is 1.34. The van der Waals surface area contributed by atoms with Gasteiger partial charge in [-0.3, -0.25) is 9.36 Å². The van der Waals surface area contributed by atoms with Crippen molar-refractivity contribution in [3.8, 4) is 5.75 Å². The van der Waals surface area contributed by atoms with Gasteiger partial charge < -0.3 is 14.8 Å². The molecule has 4 rings (SSSR count). The minimum atomic E-state index is -0.620. The Kier molecular flexibility index (Phi) is 9.12. The SMILES string of the molecule is CCOC(=O)C1CCC(n2c(=O)nc(Nc3ccc(OC(C)C)c(C)c3)n(Cc3ccc(Cl)cc3)c2=O)CC1. The fourth-order valence-electron chi connectivity index (χ4n) is 4.90. The summed E-state index contributed by atoms with van der Waals surface area (Å²) in [5.74, 6) is 0.471. The molecule has 0 spiro atoms. The molecule has 10 heteroatoms. The van der Waals surface area contributed by atoms with Crippen LogP contribution in [0, 0.1) is 12.8 Å². The van der Waals surface area contributed by atoms with Crippen molar-refractivity contribution in [2.75, 3.05) is 11.9 Å². The predicted molar refractivity (Wildman–Crippen MR) is 151 cm³/mol. The van der Waals surface area contributed by atoms with Crippen molar-refractivity contribution in [2.45, 2.75) is 72.1 Å². The van der Waals surface area contributed by atoms with Crippen molar-refractivity contribution < 1.29 is 14.3 Å². The number of esters is 1. The molecule has 1 aliphatic carbocycles.